The zero-order chi connectivity index (χ0) is 15.1. The van der Waals surface area contributed by atoms with Crippen molar-refractivity contribution in [1.29, 1.82) is 0 Å². The number of halogens is 1. The zero-order valence-electron chi connectivity index (χ0n) is 11.5. The number of rotatable bonds is 5. The van der Waals surface area contributed by atoms with Crippen LogP contribution in [0.1, 0.15) is 5.56 Å². The van der Waals surface area contributed by atoms with E-state index in [2.05, 4.69) is 21.2 Å². The number of para-hydroxylation sites is 1. The number of hydrogen-bond donors (Lipinski definition) is 2. The van der Waals surface area contributed by atoms with Gasteiger partial charge in [0, 0.05) is 23.2 Å². The van der Waals surface area contributed by atoms with Gasteiger partial charge >= 0.3 is 6.03 Å². The summed E-state index contributed by atoms with van der Waals surface area (Å²) in [5.41, 5.74) is 1.73. The normalized spacial score (nSPS) is 10.2. The molecule has 2 aromatic rings. The fourth-order valence-corrected chi connectivity index (χ4v) is 2.34. The van der Waals surface area contributed by atoms with Crippen LogP contribution in [0.25, 0.3) is 0 Å². The Morgan fingerprint density at radius 2 is 1.76 bits per heavy atom. The summed E-state index contributed by atoms with van der Waals surface area (Å²) in [6.07, 6.45) is 0. The van der Waals surface area contributed by atoms with E-state index < -0.39 is 0 Å². The van der Waals surface area contributed by atoms with E-state index >= 15 is 0 Å². The molecule has 0 heterocycles. The molecule has 5 heteroatoms. The van der Waals surface area contributed by atoms with Crippen LogP contribution in [-0.4, -0.2) is 29.2 Å². The highest BCUT2D eigenvalue weighted by molar-refractivity contribution is 9.10. The molecule has 0 aromatic heterocycles. The molecule has 4 nitrogen and oxygen atoms in total. The van der Waals surface area contributed by atoms with Crippen molar-refractivity contribution >= 4 is 27.6 Å². The topological polar surface area (TPSA) is 52.6 Å². The molecule has 0 radical (unpaired) electrons. The second kappa shape index (κ2) is 7.81. The molecule has 0 atom stereocenters. The largest absolute Gasteiger partial charge is 0.395 e. The highest BCUT2D eigenvalue weighted by Gasteiger charge is 2.14. The molecule has 0 saturated heterocycles. The van der Waals surface area contributed by atoms with Crippen LogP contribution in [0.4, 0.5) is 10.5 Å². The number of amides is 2. The molecule has 2 N–H and O–H groups in total. The maximum atomic E-state index is 12.3. The van der Waals surface area contributed by atoms with Crippen molar-refractivity contribution in [2.45, 2.75) is 6.54 Å². The maximum Gasteiger partial charge on any atom is 0.322 e. The van der Waals surface area contributed by atoms with Crippen molar-refractivity contribution in [3.05, 3.63) is 64.6 Å². The summed E-state index contributed by atoms with van der Waals surface area (Å²) >= 11 is 3.47. The summed E-state index contributed by atoms with van der Waals surface area (Å²) in [7, 11) is 0. The first-order valence-electron chi connectivity index (χ1n) is 6.66. The molecule has 2 amide bonds. The fraction of sp³-hybridized carbons (Fsp3) is 0.188. The molecule has 2 rings (SSSR count). The van der Waals surface area contributed by atoms with E-state index in [0.29, 0.717) is 6.54 Å². The monoisotopic (exact) mass is 348 g/mol. The summed E-state index contributed by atoms with van der Waals surface area (Å²) in [6, 6.07) is 16.8. The average Bonchev–Trinajstić information content (AvgIpc) is 2.50. The molecule has 0 unspecified atom stereocenters. The van der Waals surface area contributed by atoms with E-state index in [1.165, 1.54) is 0 Å². The smallest absolute Gasteiger partial charge is 0.322 e. The average molecular weight is 349 g/mol. The van der Waals surface area contributed by atoms with Gasteiger partial charge in [0.05, 0.1) is 6.61 Å². The standard InChI is InChI=1S/C16H17BrN2O2/c17-15-9-5-4-6-13(15)12-19(10-11-20)16(21)18-14-7-2-1-3-8-14/h1-9,20H,10-12H2,(H,18,21). The maximum absolute atomic E-state index is 12.3. The Hall–Kier alpha value is -1.85. The highest BCUT2D eigenvalue weighted by atomic mass is 79.9. The van der Waals surface area contributed by atoms with Gasteiger partial charge in [-0.05, 0) is 23.8 Å². The lowest BCUT2D eigenvalue weighted by Gasteiger charge is -2.23. The third kappa shape index (κ3) is 4.58. The SMILES string of the molecule is O=C(Nc1ccccc1)N(CCO)Cc1ccccc1Br. The van der Waals surface area contributed by atoms with E-state index in [1.807, 2.05) is 54.6 Å². The highest BCUT2D eigenvalue weighted by Crippen LogP contribution is 2.18. The Morgan fingerprint density at radius 1 is 1.10 bits per heavy atom. The molecular weight excluding hydrogens is 332 g/mol. The first-order valence-corrected chi connectivity index (χ1v) is 7.45. The lowest BCUT2D eigenvalue weighted by Crippen LogP contribution is -2.36. The van der Waals surface area contributed by atoms with E-state index in [0.717, 1.165) is 15.7 Å². The van der Waals surface area contributed by atoms with Gasteiger partial charge in [-0.3, -0.25) is 0 Å². The molecule has 0 bridgehead atoms. The number of nitrogens with one attached hydrogen (secondary N) is 1. The van der Waals surface area contributed by atoms with E-state index in [-0.39, 0.29) is 19.2 Å². The first-order chi connectivity index (χ1) is 10.2. The molecule has 0 saturated carbocycles. The van der Waals surface area contributed by atoms with Crippen LogP contribution in [-0.2, 0) is 6.54 Å². The summed E-state index contributed by atoms with van der Waals surface area (Å²) in [4.78, 5) is 13.9. The van der Waals surface area contributed by atoms with Crippen LogP contribution in [0.5, 0.6) is 0 Å². The molecule has 0 aliphatic carbocycles. The van der Waals surface area contributed by atoms with Crippen LogP contribution in [0.15, 0.2) is 59.1 Å². The van der Waals surface area contributed by atoms with Gasteiger partial charge < -0.3 is 15.3 Å². The third-order valence-electron chi connectivity index (χ3n) is 3.00. The summed E-state index contributed by atoms with van der Waals surface area (Å²) < 4.78 is 0.945. The molecular formula is C16H17BrN2O2. The summed E-state index contributed by atoms with van der Waals surface area (Å²) in [6.45, 7) is 0.632. The van der Waals surface area contributed by atoms with Gasteiger partial charge in [0.15, 0.2) is 0 Å². The predicted octanol–water partition coefficient (Wildman–Crippen LogP) is 3.48. The van der Waals surface area contributed by atoms with Gasteiger partial charge in [0.25, 0.3) is 0 Å². The second-order valence-electron chi connectivity index (χ2n) is 4.53. The van der Waals surface area contributed by atoms with Crippen molar-refractivity contribution in [2.75, 3.05) is 18.5 Å². The van der Waals surface area contributed by atoms with Crippen LogP contribution >= 0.6 is 15.9 Å². The number of urea groups is 1. The Balaban J connectivity index is 2.08. The summed E-state index contributed by atoms with van der Waals surface area (Å²) in [5, 5.41) is 12.0. The van der Waals surface area contributed by atoms with Crippen LogP contribution in [0.2, 0.25) is 0 Å². The molecule has 0 spiro atoms. The minimum absolute atomic E-state index is 0.0767. The molecule has 0 fully saturated rings. The van der Waals surface area contributed by atoms with Gasteiger partial charge in [0.1, 0.15) is 0 Å². The minimum atomic E-state index is -0.231. The number of anilines is 1. The third-order valence-corrected chi connectivity index (χ3v) is 3.77. The van der Waals surface area contributed by atoms with Crippen LogP contribution < -0.4 is 5.32 Å². The number of benzene rings is 2. The number of aliphatic hydroxyl groups is 1. The van der Waals surface area contributed by atoms with Crippen molar-refractivity contribution in [1.82, 2.24) is 4.90 Å². The zero-order valence-corrected chi connectivity index (χ0v) is 13.1. The van der Waals surface area contributed by atoms with Gasteiger partial charge in [-0.15, -0.1) is 0 Å². The van der Waals surface area contributed by atoms with Gasteiger partial charge in [-0.25, -0.2) is 4.79 Å². The predicted molar refractivity (Wildman–Crippen MR) is 87.1 cm³/mol. The van der Waals surface area contributed by atoms with Gasteiger partial charge in [-0.1, -0.05) is 52.3 Å². The lowest BCUT2D eigenvalue weighted by atomic mass is 10.2. The van der Waals surface area contributed by atoms with Crippen molar-refractivity contribution in [3.63, 3.8) is 0 Å². The van der Waals surface area contributed by atoms with Gasteiger partial charge in [0.2, 0.25) is 0 Å². The number of aliphatic hydroxyl groups excluding tert-OH is 1. The van der Waals surface area contributed by atoms with E-state index in [4.69, 9.17) is 5.11 Å². The van der Waals surface area contributed by atoms with Crippen LogP contribution in [0, 0.1) is 0 Å². The number of carbonyl (C=O) groups is 1. The Labute approximate surface area is 132 Å². The van der Waals surface area contributed by atoms with Gasteiger partial charge in [-0.2, -0.15) is 0 Å². The molecule has 110 valence electrons. The first kappa shape index (κ1) is 15.5. The minimum Gasteiger partial charge on any atom is -0.395 e. The Bertz CT molecular complexity index is 590. The molecule has 2 aromatic carbocycles. The Morgan fingerprint density at radius 3 is 2.43 bits per heavy atom. The molecule has 0 aliphatic heterocycles. The quantitative estimate of drug-likeness (QED) is 0.868. The van der Waals surface area contributed by atoms with E-state index in [1.54, 1.807) is 4.90 Å². The fourth-order valence-electron chi connectivity index (χ4n) is 1.93. The van der Waals surface area contributed by atoms with Crippen LogP contribution in [0.3, 0.4) is 0 Å². The van der Waals surface area contributed by atoms with Crippen molar-refractivity contribution < 1.29 is 9.90 Å². The second-order valence-corrected chi connectivity index (χ2v) is 5.39. The lowest BCUT2D eigenvalue weighted by molar-refractivity contribution is 0.185. The number of hydrogen-bond acceptors (Lipinski definition) is 2. The molecule has 21 heavy (non-hydrogen) atoms. The van der Waals surface area contributed by atoms with Crippen molar-refractivity contribution in [3.8, 4) is 0 Å². The van der Waals surface area contributed by atoms with Crippen molar-refractivity contribution in [2.24, 2.45) is 0 Å². The number of carbonyl (C=O) groups excluding carboxylic acids is 1. The van der Waals surface area contributed by atoms with E-state index in [9.17, 15) is 4.79 Å². The number of nitrogens with zero attached hydrogens (tertiary/aromatic N) is 1. The summed E-state index contributed by atoms with van der Waals surface area (Å²) in [5.74, 6) is 0. The molecule has 0 aliphatic rings. The Kier molecular flexibility index (Phi) is 5.78.